The van der Waals surface area contributed by atoms with Gasteiger partial charge < -0.3 is 15.2 Å². The fourth-order valence-electron chi connectivity index (χ4n) is 4.66. The summed E-state index contributed by atoms with van der Waals surface area (Å²) in [5, 5.41) is 0. The Hall–Kier alpha value is -3.55. The minimum atomic E-state index is -0.0444. The number of rotatable bonds is 2. The Morgan fingerprint density at radius 2 is 1.97 bits per heavy atom. The summed E-state index contributed by atoms with van der Waals surface area (Å²) in [6.07, 6.45) is 5.72. The predicted octanol–water partition coefficient (Wildman–Crippen LogP) is 1.85. The molecule has 1 saturated heterocycles. The Morgan fingerprint density at radius 1 is 1.10 bits per heavy atom. The van der Waals surface area contributed by atoms with Gasteiger partial charge in [-0.3, -0.25) is 14.6 Å². The zero-order valence-corrected chi connectivity index (χ0v) is 16.7. The molecule has 8 heteroatoms. The van der Waals surface area contributed by atoms with Gasteiger partial charge in [0, 0.05) is 61.3 Å². The second-order valence-corrected chi connectivity index (χ2v) is 8.21. The molecule has 2 N–H and O–H groups in total. The Kier molecular flexibility index (Phi) is 4.34. The summed E-state index contributed by atoms with van der Waals surface area (Å²) in [5.74, 6) is 0.720. The molecule has 0 saturated carbocycles. The molecule has 1 amide bonds. The van der Waals surface area contributed by atoms with Crippen LogP contribution in [0, 0.1) is 12.8 Å². The molecule has 2 aliphatic rings. The van der Waals surface area contributed by atoms with E-state index < -0.39 is 0 Å². The summed E-state index contributed by atoms with van der Waals surface area (Å²) in [6.45, 7) is 3.78. The van der Waals surface area contributed by atoms with Crippen molar-refractivity contribution in [1.82, 2.24) is 24.4 Å². The third kappa shape index (κ3) is 3.24. The number of anilines is 1. The van der Waals surface area contributed by atoms with Gasteiger partial charge in [0.1, 0.15) is 12.1 Å². The molecule has 5 heterocycles. The van der Waals surface area contributed by atoms with E-state index in [0.29, 0.717) is 36.7 Å². The number of hydrogen-bond acceptors (Lipinski definition) is 6. The molecule has 0 aliphatic carbocycles. The summed E-state index contributed by atoms with van der Waals surface area (Å²) in [6, 6.07) is 7.15. The van der Waals surface area contributed by atoms with Gasteiger partial charge in [-0.2, -0.15) is 0 Å². The zero-order chi connectivity index (χ0) is 20.8. The van der Waals surface area contributed by atoms with Crippen molar-refractivity contribution in [2.45, 2.75) is 25.8 Å². The average Bonchev–Trinajstić information content (AvgIpc) is 2.73. The number of aryl methyl sites for hydroxylation is 1. The zero-order valence-electron chi connectivity index (χ0n) is 16.7. The number of piperidine rings is 1. The number of amides is 1. The minimum Gasteiger partial charge on any atom is -0.384 e. The van der Waals surface area contributed by atoms with Crippen molar-refractivity contribution in [1.29, 1.82) is 0 Å². The van der Waals surface area contributed by atoms with Gasteiger partial charge in [-0.15, -0.1) is 0 Å². The molecular weight excluding hydrogens is 380 g/mol. The molecule has 2 bridgehead atoms. The molecule has 0 aromatic carbocycles. The second-order valence-electron chi connectivity index (χ2n) is 8.21. The highest BCUT2D eigenvalue weighted by Gasteiger charge is 2.37. The third-order valence-corrected chi connectivity index (χ3v) is 5.95. The fourth-order valence-corrected chi connectivity index (χ4v) is 4.66. The van der Waals surface area contributed by atoms with Gasteiger partial charge in [0.25, 0.3) is 11.5 Å². The lowest BCUT2D eigenvalue weighted by Gasteiger charge is -2.43. The van der Waals surface area contributed by atoms with Crippen LogP contribution in [0.5, 0.6) is 0 Å². The van der Waals surface area contributed by atoms with Crippen LogP contribution < -0.4 is 11.3 Å². The van der Waals surface area contributed by atoms with Crippen LogP contribution in [0.3, 0.4) is 0 Å². The summed E-state index contributed by atoms with van der Waals surface area (Å²) < 4.78 is 1.85. The van der Waals surface area contributed by atoms with Crippen molar-refractivity contribution >= 4 is 11.7 Å². The van der Waals surface area contributed by atoms with Crippen LogP contribution in [0.1, 0.15) is 34.0 Å². The first-order valence-electron chi connectivity index (χ1n) is 10.0. The van der Waals surface area contributed by atoms with Crippen LogP contribution in [0.15, 0.2) is 47.8 Å². The smallest absolute Gasteiger partial charge is 0.255 e. The van der Waals surface area contributed by atoms with E-state index in [2.05, 4.69) is 15.0 Å². The van der Waals surface area contributed by atoms with Crippen LogP contribution in [0.4, 0.5) is 5.82 Å². The van der Waals surface area contributed by atoms with Crippen LogP contribution in [-0.4, -0.2) is 43.4 Å². The number of nitrogens with zero attached hydrogens (tertiary/aromatic N) is 5. The van der Waals surface area contributed by atoms with E-state index in [0.717, 1.165) is 23.2 Å². The lowest BCUT2D eigenvalue weighted by Crippen LogP contribution is -2.49. The van der Waals surface area contributed by atoms with Gasteiger partial charge >= 0.3 is 0 Å². The topological polar surface area (TPSA) is 107 Å². The Bertz CT molecular complexity index is 1200. The number of aromatic nitrogens is 4. The summed E-state index contributed by atoms with van der Waals surface area (Å²) in [4.78, 5) is 40.2. The van der Waals surface area contributed by atoms with E-state index in [1.54, 1.807) is 24.5 Å². The van der Waals surface area contributed by atoms with Gasteiger partial charge in [0.15, 0.2) is 0 Å². The highest BCUT2D eigenvalue weighted by Crippen LogP contribution is 2.36. The van der Waals surface area contributed by atoms with E-state index in [1.165, 1.54) is 6.33 Å². The standard InChI is InChI=1S/C22H22N6O2/c1-13-2-16(8-24-7-13)22(30)27-9-14-3-17(11-27)19-4-15(5-21(29)28(19)10-14)18-6-20(23)26-12-25-18/h2,4-8,12,14,17H,3,9-11H2,1H3,(H2,23,25,26)/t14-,17+/m0/s1. The molecule has 3 aromatic rings. The normalized spacial score (nSPS) is 20.0. The van der Waals surface area contributed by atoms with Gasteiger partial charge in [-0.25, -0.2) is 9.97 Å². The number of nitrogen functional groups attached to an aromatic ring is 1. The van der Waals surface area contributed by atoms with Crippen LogP contribution >= 0.6 is 0 Å². The van der Waals surface area contributed by atoms with Gasteiger partial charge in [0.2, 0.25) is 0 Å². The van der Waals surface area contributed by atoms with Gasteiger partial charge in [-0.1, -0.05) is 0 Å². The molecule has 0 spiro atoms. The Morgan fingerprint density at radius 3 is 2.77 bits per heavy atom. The molecule has 0 radical (unpaired) electrons. The van der Waals surface area contributed by atoms with E-state index >= 15 is 0 Å². The van der Waals surface area contributed by atoms with E-state index in [9.17, 15) is 9.59 Å². The highest BCUT2D eigenvalue weighted by molar-refractivity contribution is 5.94. The quantitative estimate of drug-likeness (QED) is 0.701. The van der Waals surface area contributed by atoms with Crippen molar-refractivity contribution in [2.75, 3.05) is 18.8 Å². The summed E-state index contributed by atoms with van der Waals surface area (Å²) >= 11 is 0. The fraction of sp³-hybridized carbons (Fsp3) is 0.318. The van der Waals surface area contributed by atoms with Crippen molar-refractivity contribution in [3.63, 3.8) is 0 Å². The number of likely N-dealkylation sites (tertiary alicyclic amines) is 1. The maximum absolute atomic E-state index is 13.1. The molecule has 1 fully saturated rings. The number of carbonyl (C=O) groups is 1. The number of hydrogen-bond donors (Lipinski definition) is 1. The molecule has 30 heavy (non-hydrogen) atoms. The average molecular weight is 402 g/mol. The first-order valence-corrected chi connectivity index (χ1v) is 10.0. The minimum absolute atomic E-state index is 0.00331. The molecule has 152 valence electrons. The lowest BCUT2D eigenvalue weighted by molar-refractivity contribution is 0.0594. The van der Waals surface area contributed by atoms with E-state index in [-0.39, 0.29) is 23.3 Å². The van der Waals surface area contributed by atoms with Crippen molar-refractivity contribution in [2.24, 2.45) is 5.92 Å². The number of carbonyl (C=O) groups excluding carboxylic acids is 1. The first kappa shape index (κ1) is 18.5. The molecule has 5 rings (SSSR count). The third-order valence-electron chi connectivity index (χ3n) is 5.95. The van der Waals surface area contributed by atoms with Crippen LogP contribution in [0.25, 0.3) is 11.3 Å². The van der Waals surface area contributed by atoms with E-state index in [4.69, 9.17) is 5.73 Å². The van der Waals surface area contributed by atoms with E-state index in [1.807, 2.05) is 28.5 Å². The number of fused-ring (bicyclic) bond motifs is 4. The number of nitrogens with two attached hydrogens (primary N) is 1. The summed E-state index contributed by atoms with van der Waals surface area (Å²) in [7, 11) is 0. The second kappa shape index (κ2) is 7.05. The van der Waals surface area contributed by atoms with Crippen molar-refractivity contribution < 1.29 is 4.79 Å². The lowest BCUT2D eigenvalue weighted by atomic mass is 9.82. The Labute approximate surface area is 173 Å². The molecule has 2 aliphatic heterocycles. The monoisotopic (exact) mass is 402 g/mol. The van der Waals surface area contributed by atoms with Crippen LogP contribution in [-0.2, 0) is 6.54 Å². The van der Waals surface area contributed by atoms with Gasteiger partial charge in [-0.05, 0) is 37.0 Å². The maximum Gasteiger partial charge on any atom is 0.255 e. The molecule has 3 aromatic heterocycles. The van der Waals surface area contributed by atoms with Crippen molar-refractivity contribution in [3.05, 3.63) is 70.2 Å². The molecule has 0 unspecified atom stereocenters. The molecular formula is C22H22N6O2. The van der Waals surface area contributed by atoms with Crippen LogP contribution in [0.2, 0.25) is 0 Å². The number of pyridine rings is 2. The summed E-state index contributed by atoms with van der Waals surface area (Å²) in [5.41, 5.74) is 9.61. The molecule has 8 nitrogen and oxygen atoms in total. The van der Waals surface area contributed by atoms with Gasteiger partial charge in [0.05, 0.1) is 11.3 Å². The predicted molar refractivity (Wildman–Crippen MR) is 112 cm³/mol. The molecule has 2 atom stereocenters. The Balaban J connectivity index is 1.49. The maximum atomic E-state index is 13.1. The first-order chi connectivity index (χ1) is 14.5. The largest absolute Gasteiger partial charge is 0.384 e. The van der Waals surface area contributed by atoms with Crippen molar-refractivity contribution in [3.8, 4) is 11.3 Å². The highest BCUT2D eigenvalue weighted by atomic mass is 16.2. The SMILES string of the molecule is Cc1cncc(C(=O)N2C[C@@H]3C[C@H](C2)c2cc(-c4cc(N)ncn4)cc(=O)n2C3)c1.